The van der Waals surface area contributed by atoms with Crippen molar-refractivity contribution in [3.05, 3.63) is 12.3 Å². The number of allylic oxidation sites excluding steroid dienone is 1. The number of aliphatic imine (C=N–C) groups is 1. The maximum absolute atomic E-state index is 10.2. The molecule has 0 aliphatic carbocycles. The summed E-state index contributed by atoms with van der Waals surface area (Å²) in [4.78, 5) is 13.9. The van der Waals surface area contributed by atoms with Crippen LogP contribution < -0.4 is 0 Å². The molecule has 0 amide bonds. The fraction of sp³-hybridized carbons (Fsp3) is 0.800. The third-order valence-electron chi connectivity index (χ3n) is 4.18. The van der Waals surface area contributed by atoms with E-state index in [1.165, 1.54) is 83.5 Å². The molecule has 0 aromatic carbocycles. The molecule has 0 aliphatic heterocycles. The first-order valence-corrected chi connectivity index (χ1v) is 9.98. The molecule has 23 heavy (non-hydrogen) atoms. The van der Waals surface area contributed by atoms with Crippen molar-refractivity contribution in [3.8, 4) is 0 Å². The van der Waals surface area contributed by atoms with Crippen molar-refractivity contribution >= 4 is 23.7 Å². The number of thiocarbonyl (C=S) groups is 1. The Hall–Kier alpha value is -0.790. The van der Waals surface area contributed by atoms with Gasteiger partial charge in [-0.3, -0.25) is 0 Å². The minimum absolute atomic E-state index is 0.749. The second-order valence-corrected chi connectivity index (χ2v) is 6.48. The average molecular weight is 338 g/mol. The van der Waals surface area contributed by atoms with Crippen molar-refractivity contribution in [2.24, 2.45) is 4.99 Å². The summed E-state index contributed by atoms with van der Waals surface area (Å²) in [7, 11) is 0. The first-order chi connectivity index (χ1) is 11.4. The molecule has 0 rings (SSSR count). The summed E-state index contributed by atoms with van der Waals surface area (Å²) in [6.07, 6.45) is 25.4. The summed E-state index contributed by atoms with van der Waals surface area (Å²) in [5.74, 6) is 0. The molecular formula is C20H35NOS. The van der Waals surface area contributed by atoms with E-state index in [1.54, 1.807) is 6.20 Å². The highest BCUT2D eigenvalue weighted by Gasteiger charge is 1.94. The molecule has 2 nitrogen and oxygen atoms in total. The lowest BCUT2D eigenvalue weighted by molar-refractivity contribution is -0.107. The van der Waals surface area contributed by atoms with Crippen LogP contribution in [0.15, 0.2) is 17.3 Å². The highest BCUT2D eigenvalue weighted by molar-refractivity contribution is 7.78. The van der Waals surface area contributed by atoms with Gasteiger partial charge in [-0.25, -0.2) is 4.99 Å². The van der Waals surface area contributed by atoms with Gasteiger partial charge >= 0.3 is 0 Å². The summed E-state index contributed by atoms with van der Waals surface area (Å²) in [6, 6.07) is 0. The molecule has 0 saturated heterocycles. The Bertz CT molecular complexity index is 322. The Balaban J connectivity index is 3.02. The number of hydrogen-bond donors (Lipinski definition) is 0. The number of hydrogen-bond acceptors (Lipinski definition) is 3. The monoisotopic (exact) mass is 337 g/mol. The zero-order valence-electron chi connectivity index (χ0n) is 14.8. The van der Waals surface area contributed by atoms with E-state index < -0.39 is 0 Å². The van der Waals surface area contributed by atoms with Crippen LogP contribution in [0.25, 0.3) is 0 Å². The van der Waals surface area contributed by atoms with Gasteiger partial charge in [-0.15, -0.1) is 0 Å². The molecule has 0 N–H and O–H groups in total. The summed E-state index contributed by atoms with van der Waals surface area (Å²) in [6.45, 7) is 0. The minimum Gasteiger partial charge on any atom is -0.303 e. The Labute approximate surface area is 148 Å². The Kier molecular flexibility index (Phi) is 20.5. The van der Waals surface area contributed by atoms with Crippen molar-refractivity contribution in [1.29, 1.82) is 0 Å². The maximum atomic E-state index is 10.2. The molecule has 0 heterocycles. The quantitative estimate of drug-likeness (QED) is 0.116. The summed E-state index contributed by atoms with van der Waals surface area (Å²) in [5, 5.41) is 2.33. The van der Waals surface area contributed by atoms with E-state index in [0.29, 0.717) is 0 Å². The molecule has 3 heteroatoms. The van der Waals surface area contributed by atoms with E-state index in [4.69, 9.17) is 0 Å². The molecule has 0 unspecified atom stereocenters. The van der Waals surface area contributed by atoms with E-state index in [2.05, 4.69) is 28.4 Å². The van der Waals surface area contributed by atoms with Crippen molar-refractivity contribution in [2.75, 3.05) is 0 Å². The zero-order valence-corrected chi connectivity index (χ0v) is 15.6. The lowest BCUT2D eigenvalue weighted by Crippen LogP contribution is -1.83. The first-order valence-electron chi connectivity index (χ1n) is 9.57. The molecule has 0 atom stereocenters. The van der Waals surface area contributed by atoms with Crippen LogP contribution in [-0.2, 0) is 4.79 Å². The number of nitrogens with zero attached hydrogens (tertiary/aromatic N) is 1. The Morgan fingerprint density at radius 2 is 1.04 bits per heavy atom. The number of unbranched alkanes of at least 4 members (excludes halogenated alkanes) is 15. The van der Waals surface area contributed by atoms with Gasteiger partial charge in [0.15, 0.2) is 0 Å². The predicted octanol–water partition coefficient (Wildman–Crippen LogP) is 7.04. The second kappa shape index (κ2) is 21.2. The van der Waals surface area contributed by atoms with E-state index in [-0.39, 0.29) is 0 Å². The van der Waals surface area contributed by atoms with E-state index in [9.17, 15) is 4.79 Å². The normalized spacial score (nSPS) is 10.8. The smallest absolute Gasteiger partial charge is 0.119 e. The topological polar surface area (TPSA) is 29.4 Å². The van der Waals surface area contributed by atoms with E-state index in [1.807, 2.05) is 0 Å². The second-order valence-electron chi connectivity index (χ2n) is 6.30. The fourth-order valence-electron chi connectivity index (χ4n) is 2.77. The minimum atomic E-state index is 0.749. The molecule has 0 radical (unpaired) electrons. The molecule has 132 valence electrons. The van der Waals surface area contributed by atoms with Crippen molar-refractivity contribution < 1.29 is 4.79 Å². The molecule has 0 aliphatic rings. The third kappa shape index (κ3) is 21.2. The van der Waals surface area contributed by atoms with Gasteiger partial charge in [-0.05, 0) is 31.5 Å². The SMILES string of the molecule is O=CCCCCCCCCCCCCCCCCC=CN=C=S. The number of aldehydes is 1. The van der Waals surface area contributed by atoms with Gasteiger partial charge in [0.1, 0.15) is 6.29 Å². The van der Waals surface area contributed by atoms with Crippen LogP contribution in [0, 0.1) is 0 Å². The standard InChI is InChI=1S/C20H35NOS/c22-19-17-15-13-11-9-7-5-3-1-2-4-6-8-10-12-14-16-18-21-20-23/h16,18-19H,1-15,17H2. The predicted molar refractivity (Wildman–Crippen MR) is 104 cm³/mol. The Morgan fingerprint density at radius 1 is 0.652 bits per heavy atom. The van der Waals surface area contributed by atoms with Crippen LogP contribution in [0.3, 0.4) is 0 Å². The summed E-state index contributed by atoms with van der Waals surface area (Å²) >= 11 is 4.49. The first kappa shape index (κ1) is 22.2. The van der Waals surface area contributed by atoms with Gasteiger partial charge in [-0.1, -0.05) is 83.1 Å². The Morgan fingerprint density at radius 3 is 1.43 bits per heavy atom. The van der Waals surface area contributed by atoms with Crippen LogP contribution >= 0.6 is 12.2 Å². The summed E-state index contributed by atoms with van der Waals surface area (Å²) in [5.41, 5.74) is 0. The van der Waals surface area contributed by atoms with Crippen molar-refractivity contribution in [2.45, 2.75) is 103 Å². The number of carbonyl (C=O) groups excluding carboxylic acids is 1. The van der Waals surface area contributed by atoms with Crippen LogP contribution in [0.4, 0.5) is 0 Å². The number of carbonyl (C=O) groups is 1. The van der Waals surface area contributed by atoms with Crippen LogP contribution in [0.1, 0.15) is 103 Å². The van der Waals surface area contributed by atoms with Crippen LogP contribution in [0.2, 0.25) is 0 Å². The number of isothiocyanates is 1. The van der Waals surface area contributed by atoms with Gasteiger partial charge < -0.3 is 4.79 Å². The third-order valence-corrected chi connectivity index (χ3v) is 4.28. The van der Waals surface area contributed by atoms with Gasteiger partial charge in [0.2, 0.25) is 0 Å². The molecule has 0 fully saturated rings. The fourth-order valence-corrected chi connectivity index (χ4v) is 2.83. The largest absolute Gasteiger partial charge is 0.303 e. The van der Waals surface area contributed by atoms with Crippen molar-refractivity contribution in [1.82, 2.24) is 0 Å². The van der Waals surface area contributed by atoms with E-state index in [0.717, 1.165) is 25.5 Å². The molecule has 0 aromatic rings. The molecule has 0 spiro atoms. The number of rotatable bonds is 18. The average Bonchev–Trinajstić information content (AvgIpc) is 2.57. The lowest BCUT2D eigenvalue weighted by atomic mass is 10.0. The van der Waals surface area contributed by atoms with Crippen LogP contribution in [0.5, 0.6) is 0 Å². The van der Waals surface area contributed by atoms with Gasteiger partial charge in [0, 0.05) is 12.6 Å². The van der Waals surface area contributed by atoms with Gasteiger partial charge in [0.25, 0.3) is 0 Å². The van der Waals surface area contributed by atoms with E-state index >= 15 is 0 Å². The molecule has 0 aromatic heterocycles. The van der Waals surface area contributed by atoms with Crippen LogP contribution in [-0.4, -0.2) is 11.4 Å². The van der Waals surface area contributed by atoms with Gasteiger partial charge in [0.05, 0.1) is 5.16 Å². The van der Waals surface area contributed by atoms with Gasteiger partial charge in [-0.2, -0.15) is 0 Å². The molecule has 0 saturated carbocycles. The highest BCUT2D eigenvalue weighted by Crippen LogP contribution is 2.13. The van der Waals surface area contributed by atoms with Crippen molar-refractivity contribution in [3.63, 3.8) is 0 Å². The highest BCUT2D eigenvalue weighted by atomic mass is 32.1. The summed E-state index contributed by atoms with van der Waals surface area (Å²) < 4.78 is 0. The zero-order chi connectivity index (χ0) is 16.8. The molecule has 0 bridgehead atoms. The lowest BCUT2D eigenvalue weighted by Gasteiger charge is -2.03. The maximum Gasteiger partial charge on any atom is 0.119 e. The molecular weight excluding hydrogens is 302 g/mol.